The zero-order chi connectivity index (χ0) is 7.72. The van der Waals surface area contributed by atoms with Crippen LogP contribution >= 0.6 is 11.6 Å². The summed E-state index contributed by atoms with van der Waals surface area (Å²) in [5, 5.41) is -0.789. The molecule has 0 N–H and O–H groups in total. The molecule has 1 rings (SSSR count). The highest BCUT2D eigenvalue weighted by atomic mass is 35.5. The highest BCUT2D eigenvalue weighted by Crippen LogP contribution is 2.17. The van der Waals surface area contributed by atoms with E-state index in [4.69, 9.17) is 11.6 Å². The molecular formula is C5H6ClF2NO. The number of hydrogen-bond donors (Lipinski definition) is 0. The number of carbonyl (C=O) groups is 1. The standard InChI is InChI=1S/C5H6ClF2NO/c6-5(10)9-1-3(7)4(8)2-9/h3-4H,1-2H2/t3-,4+. The minimum absolute atomic E-state index is 0.219. The number of alkyl halides is 2. The number of nitrogens with zero attached hydrogens (tertiary/aromatic N) is 1. The minimum Gasteiger partial charge on any atom is -0.323 e. The Bertz CT molecular complexity index is 145. The van der Waals surface area contributed by atoms with Gasteiger partial charge in [0.25, 0.3) is 0 Å². The van der Waals surface area contributed by atoms with Gasteiger partial charge in [-0.2, -0.15) is 0 Å². The van der Waals surface area contributed by atoms with Crippen LogP contribution in [0.25, 0.3) is 0 Å². The van der Waals surface area contributed by atoms with Crippen LogP contribution < -0.4 is 0 Å². The summed E-state index contributed by atoms with van der Waals surface area (Å²) in [5.74, 6) is 0. The summed E-state index contributed by atoms with van der Waals surface area (Å²) in [6.45, 7) is -0.438. The van der Waals surface area contributed by atoms with Crippen LogP contribution in [0.4, 0.5) is 13.6 Å². The van der Waals surface area contributed by atoms with Gasteiger partial charge in [-0.1, -0.05) is 0 Å². The van der Waals surface area contributed by atoms with Crippen molar-refractivity contribution in [3.8, 4) is 0 Å². The van der Waals surface area contributed by atoms with Gasteiger partial charge in [0, 0.05) is 0 Å². The molecular weight excluding hydrogens is 164 g/mol. The molecule has 2 atom stereocenters. The zero-order valence-corrected chi connectivity index (χ0v) is 5.81. The SMILES string of the molecule is O=C(Cl)N1C[C@@H](F)[C@@H](F)C1. The van der Waals surface area contributed by atoms with E-state index in [0.717, 1.165) is 4.90 Å². The molecule has 10 heavy (non-hydrogen) atoms. The van der Waals surface area contributed by atoms with Gasteiger partial charge < -0.3 is 4.90 Å². The second-order valence-electron chi connectivity index (χ2n) is 2.19. The van der Waals surface area contributed by atoms with Crippen molar-refractivity contribution in [3.63, 3.8) is 0 Å². The van der Waals surface area contributed by atoms with Crippen LogP contribution in [0, 0.1) is 0 Å². The number of amides is 1. The van der Waals surface area contributed by atoms with Crippen LogP contribution in [0.5, 0.6) is 0 Å². The Morgan fingerprint density at radius 2 is 1.80 bits per heavy atom. The van der Waals surface area contributed by atoms with E-state index in [-0.39, 0.29) is 13.1 Å². The monoisotopic (exact) mass is 169 g/mol. The third-order valence-electron chi connectivity index (χ3n) is 1.43. The molecule has 0 radical (unpaired) electrons. The molecule has 1 aliphatic rings. The smallest absolute Gasteiger partial charge is 0.316 e. The molecule has 0 spiro atoms. The molecule has 0 aliphatic carbocycles. The number of rotatable bonds is 0. The lowest BCUT2D eigenvalue weighted by atomic mass is 10.3. The summed E-state index contributed by atoms with van der Waals surface area (Å²) in [6.07, 6.45) is -3.13. The van der Waals surface area contributed by atoms with Crippen LogP contribution in [0.3, 0.4) is 0 Å². The first-order valence-corrected chi connectivity index (χ1v) is 3.21. The first-order chi connectivity index (χ1) is 4.61. The zero-order valence-electron chi connectivity index (χ0n) is 5.06. The van der Waals surface area contributed by atoms with E-state index < -0.39 is 17.7 Å². The van der Waals surface area contributed by atoms with E-state index in [1.807, 2.05) is 0 Å². The fraction of sp³-hybridized carbons (Fsp3) is 0.800. The van der Waals surface area contributed by atoms with Gasteiger partial charge in [0.15, 0.2) is 12.3 Å². The molecule has 0 aromatic rings. The largest absolute Gasteiger partial charge is 0.323 e. The second-order valence-corrected chi connectivity index (χ2v) is 2.51. The Kier molecular flexibility index (Phi) is 2.08. The maximum Gasteiger partial charge on any atom is 0.316 e. The highest BCUT2D eigenvalue weighted by Gasteiger charge is 2.34. The van der Waals surface area contributed by atoms with Crippen molar-refractivity contribution >= 4 is 17.0 Å². The maximum absolute atomic E-state index is 12.3. The first-order valence-electron chi connectivity index (χ1n) is 2.84. The van der Waals surface area contributed by atoms with Crippen molar-refractivity contribution in [1.29, 1.82) is 0 Å². The Morgan fingerprint density at radius 3 is 2.00 bits per heavy atom. The van der Waals surface area contributed by atoms with E-state index >= 15 is 0 Å². The van der Waals surface area contributed by atoms with Crippen LogP contribution in [0.1, 0.15) is 0 Å². The molecule has 0 aromatic carbocycles. The number of halogens is 3. The molecule has 5 heteroatoms. The maximum atomic E-state index is 12.3. The topological polar surface area (TPSA) is 20.3 Å². The normalized spacial score (nSPS) is 32.9. The molecule has 1 aliphatic heterocycles. The summed E-state index contributed by atoms with van der Waals surface area (Å²) < 4.78 is 24.6. The molecule has 0 saturated carbocycles. The molecule has 58 valence electrons. The van der Waals surface area contributed by atoms with Gasteiger partial charge >= 0.3 is 5.37 Å². The summed E-state index contributed by atoms with van der Waals surface area (Å²) in [6, 6.07) is 0. The van der Waals surface area contributed by atoms with Crippen LogP contribution in [0.15, 0.2) is 0 Å². The fourth-order valence-electron chi connectivity index (χ4n) is 0.868. The van der Waals surface area contributed by atoms with Crippen LogP contribution in [0.2, 0.25) is 0 Å². The summed E-state index contributed by atoms with van der Waals surface area (Å²) in [7, 11) is 0. The third kappa shape index (κ3) is 1.37. The van der Waals surface area contributed by atoms with E-state index in [1.54, 1.807) is 0 Å². The number of carbonyl (C=O) groups excluding carboxylic acids is 1. The molecule has 0 unspecified atom stereocenters. The van der Waals surface area contributed by atoms with Crippen molar-refractivity contribution < 1.29 is 13.6 Å². The van der Waals surface area contributed by atoms with Crippen molar-refractivity contribution in [1.82, 2.24) is 4.90 Å². The molecule has 0 aromatic heterocycles. The Morgan fingerprint density at radius 1 is 1.40 bits per heavy atom. The molecule has 1 saturated heterocycles. The number of likely N-dealkylation sites (tertiary alicyclic amines) is 1. The second kappa shape index (κ2) is 2.70. The number of hydrogen-bond acceptors (Lipinski definition) is 1. The first kappa shape index (κ1) is 7.72. The van der Waals surface area contributed by atoms with Gasteiger partial charge in [0.05, 0.1) is 13.1 Å². The lowest BCUT2D eigenvalue weighted by Gasteiger charge is -2.07. The van der Waals surface area contributed by atoms with Crippen LogP contribution in [-0.2, 0) is 0 Å². The lowest BCUT2D eigenvalue weighted by Crippen LogP contribution is -2.23. The van der Waals surface area contributed by atoms with Gasteiger partial charge in [-0.05, 0) is 11.6 Å². The Labute approximate surface area is 61.7 Å². The molecule has 1 heterocycles. The summed E-state index contributed by atoms with van der Waals surface area (Å²) in [4.78, 5) is 11.2. The summed E-state index contributed by atoms with van der Waals surface area (Å²) in [5.41, 5.74) is 0. The summed E-state index contributed by atoms with van der Waals surface area (Å²) >= 11 is 4.97. The molecule has 2 nitrogen and oxygen atoms in total. The Balaban J connectivity index is 2.49. The van der Waals surface area contributed by atoms with E-state index in [1.165, 1.54) is 0 Å². The van der Waals surface area contributed by atoms with Gasteiger partial charge in [-0.25, -0.2) is 8.78 Å². The van der Waals surface area contributed by atoms with Crippen molar-refractivity contribution in [2.24, 2.45) is 0 Å². The van der Waals surface area contributed by atoms with E-state index in [9.17, 15) is 13.6 Å². The highest BCUT2D eigenvalue weighted by molar-refractivity contribution is 6.62. The van der Waals surface area contributed by atoms with Crippen molar-refractivity contribution in [2.75, 3.05) is 13.1 Å². The molecule has 0 bridgehead atoms. The van der Waals surface area contributed by atoms with E-state index in [0.29, 0.717) is 0 Å². The van der Waals surface area contributed by atoms with Crippen molar-refractivity contribution in [3.05, 3.63) is 0 Å². The quantitative estimate of drug-likeness (QED) is 0.396. The van der Waals surface area contributed by atoms with Gasteiger partial charge in [0.2, 0.25) is 0 Å². The Hall–Kier alpha value is -0.380. The predicted molar refractivity (Wildman–Crippen MR) is 32.6 cm³/mol. The van der Waals surface area contributed by atoms with Crippen LogP contribution in [-0.4, -0.2) is 35.7 Å². The fourth-order valence-corrected chi connectivity index (χ4v) is 1.01. The molecule has 1 amide bonds. The minimum atomic E-state index is -1.57. The van der Waals surface area contributed by atoms with Gasteiger partial charge in [-0.15, -0.1) is 0 Å². The average molecular weight is 170 g/mol. The van der Waals surface area contributed by atoms with Crippen molar-refractivity contribution in [2.45, 2.75) is 12.3 Å². The van der Waals surface area contributed by atoms with Gasteiger partial charge in [-0.3, -0.25) is 4.79 Å². The molecule has 1 fully saturated rings. The average Bonchev–Trinajstić information content (AvgIpc) is 2.13. The predicted octanol–water partition coefficient (Wildman–Crippen LogP) is 1.34. The lowest BCUT2D eigenvalue weighted by molar-refractivity contribution is 0.217. The van der Waals surface area contributed by atoms with Gasteiger partial charge in [0.1, 0.15) is 0 Å². The third-order valence-corrected chi connectivity index (χ3v) is 1.67. The van der Waals surface area contributed by atoms with E-state index in [2.05, 4.69) is 0 Å².